The minimum absolute atomic E-state index is 0.562. The van der Waals surface area contributed by atoms with Crippen LogP contribution in [0.4, 0.5) is 0 Å². The molecule has 1 aromatic carbocycles. The summed E-state index contributed by atoms with van der Waals surface area (Å²) in [6.07, 6.45) is 3.83. The van der Waals surface area contributed by atoms with Crippen LogP contribution >= 0.6 is 0 Å². The quantitative estimate of drug-likeness (QED) is 0.901. The number of benzene rings is 1. The highest BCUT2D eigenvalue weighted by molar-refractivity contribution is 5.25. The van der Waals surface area contributed by atoms with E-state index in [1.807, 2.05) is 0 Å². The van der Waals surface area contributed by atoms with Crippen LogP contribution < -0.4 is 5.32 Å². The lowest BCUT2D eigenvalue weighted by Gasteiger charge is -2.40. The van der Waals surface area contributed by atoms with Gasteiger partial charge in [-0.2, -0.15) is 0 Å². The maximum absolute atomic E-state index is 3.47. The number of piperidine rings is 1. The van der Waals surface area contributed by atoms with Gasteiger partial charge in [-0.15, -0.1) is 0 Å². The Kier molecular flexibility index (Phi) is 6.09. The van der Waals surface area contributed by atoms with Gasteiger partial charge in [0.15, 0.2) is 0 Å². The lowest BCUT2D eigenvalue weighted by atomic mass is 9.95. The van der Waals surface area contributed by atoms with Crippen molar-refractivity contribution in [1.82, 2.24) is 15.1 Å². The van der Waals surface area contributed by atoms with Crippen LogP contribution in [0.1, 0.15) is 43.9 Å². The zero-order valence-corrected chi connectivity index (χ0v) is 14.9. The first kappa shape index (κ1) is 16.9. The van der Waals surface area contributed by atoms with Crippen molar-refractivity contribution in [3.63, 3.8) is 0 Å². The van der Waals surface area contributed by atoms with Crippen LogP contribution in [-0.2, 0) is 6.42 Å². The van der Waals surface area contributed by atoms with Crippen molar-refractivity contribution in [3.8, 4) is 0 Å². The van der Waals surface area contributed by atoms with Crippen molar-refractivity contribution in [2.45, 2.75) is 39.2 Å². The van der Waals surface area contributed by atoms with Crippen molar-refractivity contribution in [1.29, 1.82) is 0 Å². The fourth-order valence-corrected chi connectivity index (χ4v) is 3.89. The molecule has 2 fully saturated rings. The Hall–Kier alpha value is -0.900. The van der Waals surface area contributed by atoms with Crippen molar-refractivity contribution < 1.29 is 0 Å². The van der Waals surface area contributed by atoms with Crippen LogP contribution in [0.2, 0.25) is 0 Å². The van der Waals surface area contributed by atoms with Crippen LogP contribution in [0.3, 0.4) is 0 Å². The first-order chi connectivity index (χ1) is 11.3. The molecule has 0 aliphatic carbocycles. The van der Waals surface area contributed by atoms with Gasteiger partial charge in [-0.25, -0.2) is 0 Å². The molecule has 0 saturated carbocycles. The van der Waals surface area contributed by atoms with Crippen molar-refractivity contribution in [2.24, 2.45) is 5.92 Å². The molecule has 0 aromatic heterocycles. The molecule has 0 spiro atoms. The molecule has 2 heterocycles. The number of piperazine rings is 1. The molecular weight excluding hydrogens is 282 g/mol. The third-order valence-corrected chi connectivity index (χ3v) is 5.67. The summed E-state index contributed by atoms with van der Waals surface area (Å²) in [4.78, 5) is 5.38. The summed E-state index contributed by atoms with van der Waals surface area (Å²) < 4.78 is 0. The van der Waals surface area contributed by atoms with E-state index in [1.165, 1.54) is 56.7 Å². The lowest BCUT2D eigenvalue weighted by molar-refractivity contribution is 0.0969. The number of rotatable bonds is 5. The average molecular weight is 316 g/mol. The number of aryl methyl sites for hydroxylation is 1. The van der Waals surface area contributed by atoms with Gasteiger partial charge in [-0.3, -0.25) is 9.80 Å². The number of nitrogens with zero attached hydrogens (tertiary/aromatic N) is 2. The van der Waals surface area contributed by atoms with E-state index in [-0.39, 0.29) is 0 Å². The van der Waals surface area contributed by atoms with Gasteiger partial charge in [-0.1, -0.05) is 38.1 Å². The zero-order chi connectivity index (χ0) is 16.1. The second-order valence-electron chi connectivity index (χ2n) is 7.38. The van der Waals surface area contributed by atoms with E-state index in [0.29, 0.717) is 6.04 Å². The topological polar surface area (TPSA) is 18.5 Å². The summed E-state index contributed by atoms with van der Waals surface area (Å²) in [6, 6.07) is 9.97. The molecule has 0 bridgehead atoms. The van der Waals surface area contributed by atoms with E-state index >= 15 is 0 Å². The first-order valence-electron chi connectivity index (χ1n) is 9.52. The summed E-state index contributed by atoms with van der Waals surface area (Å²) in [7, 11) is 0. The van der Waals surface area contributed by atoms with Gasteiger partial charge in [0.1, 0.15) is 0 Å². The molecule has 1 N–H and O–H groups in total. The Balaban J connectivity index is 1.73. The maximum Gasteiger partial charge on any atom is 0.0475 e. The minimum atomic E-state index is 0.562. The Morgan fingerprint density at radius 1 is 1.04 bits per heavy atom. The molecule has 2 aliphatic rings. The molecular formula is C20H33N3. The van der Waals surface area contributed by atoms with Gasteiger partial charge in [0, 0.05) is 38.8 Å². The smallest absolute Gasteiger partial charge is 0.0475 e. The van der Waals surface area contributed by atoms with Crippen LogP contribution in [0.25, 0.3) is 0 Å². The molecule has 0 radical (unpaired) electrons. The van der Waals surface area contributed by atoms with Crippen molar-refractivity contribution in [2.75, 3.05) is 45.8 Å². The fraction of sp³-hybridized carbons (Fsp3) is 0.700. The van der Waals surface area contributed by atoms with Gasteiger partial charge < -0.3 is 5.32 Å². The third kappa shape index (κ3) is 4.56. The molecule has 3 heteroatoms. The molecule has 23 heavy (non-hydrogen) atoms. The van der Waals surface area contributed by atoms with Crippen LogP contribution in [0, 0.1) is 5.92 Å². The molecule has 1 atom stereocenters. The summed E-state index contributed by atoms with van der Waals surface area (Å²) in [5, 5.41) is 3.47. The number of hydrogen-bond donors (Lipinski definition) is 1. The van der Waals surface area contributed by atoms with E-state index in [2.05, 4.69) is 53.2 Å². The van der Waals surface area contributed by atoms with Crippen LogP contribution in [0.5, 0.6) is 0 Å². The lowest BCUT2D eigenvalue weighted by Crippen LogP contribution is -2.48. The van der Waals surface area contributed by atoms with E-state index in [4.69, 9.17) is 0 Å². The number of nitrogens with one attached hydrogen (secondary N) is 1. The molecule has 0 amide bonds. The Morgan fingerprint density at radius 3 is 2.30 bits per heavy atom. The monoisotopic (exact) mass is 315 g/mol. The normalized spacial score (nSPS) is 23.0. The standard InChI is InChI=1S/C20H33N3/c1-3-18-4-6-19(7-5-18)20(16-22-14-10-21-11-15-22)23-12-8-17(2)9-13-23/h4-7,17,20-21H,3,8-16H2,1-2H3. The largest absolute Gasteiger partial charge is 0.314 e. The summed E-state index contributed by atoms with van der Waals surface area (Å²) in [5.41, 5.74) is 2.96. The van der Waals surface area contributed by atoms with Gasteiger partial charge in [0.05, 0.1) is 0 Å². The second-order valence-corrected chi connectivity index (χ2v) is 7.38. The number of hydrogen-bond acceptors (Lipinski definition) is 3. The highest BCUT2D eigenvalue weighted by Gasteiger charge is 2.26. The molecule has 1 unspecified atom stereocenters. The van der Waals surface area contributed by atoms with Gasteiger partial charge in [0.25, 0.3) is 0 Å². The van der Waals surface area contributed by atoms with Crippen LogP contribution in [0.15, 0.2) is 24.3 Å². The average Bonchev–Trinajstić information content (AvgIpc) is 2.62. The van der Waals surface area contributed by atoms with Gasteiger partial charge in [0.2, 0.25) is 0 Å². The molecule has 2 saturated heterocycles. The Labute approximate surface area is 142 Å². The fourth-order valence-electron chi connectivity index (χ4n) is 3.89. The summed E-state index contributed by atoms with van der Waals surface area (Å²) >= 11 is 0. The van der Waals surface area contributed by atoms with Crippen molar-refractivity contribution >= 4 is 0 Å². The van der Waals surface area contributed by atoms with E-state index < -0.39 is 0 Å². The Morgan fingerprint density at radius 2 is 1.70 bits per heavy atom. The van der Waals surface area contributed by atoms with Crippen molar-refractivity contribution in [3.05, 3.63) is 35.4 Å². The van der Waals surface area contributed by atoms with Gasteiger partial charge >= 0.3 is 0 Å². The molecule has 3 rings (SSSR count). The predicted molar refractivity (Wildman–Crippen MR) is 97.8 cm³/mol. The zero-order valence-electron chi connectivity index (χ0n) is 14.9. The van der Waals surface area contributed by atoms with Crippen LogP contribution in [-0.4, -0.2) is 55.6 Å². The van der Waals surface area contributed by atoms with E-state index in [9.17, 15) is 0 Å². The van der Waals surface area contributed by atoms with E-state index in [0.717, 1.165) is 25.4 Å². The Bertz CT molecular complexity index is 456. The van der Waals surface area contributed by atoms with Gasteiger partial charge in [-0.05, 0) is 49.4 Å². The SMILES string of the molecule is CCc1ccc(C(CN2CCNCC2)N2CCC(C)CC2)cc1. The molecule has 2 aliphatic heterocycles. The predicted octanol–water partition coefficient (Wildman–Crippen LogP) is 2.93. The highest BCUT2D eigenvalue weighted by Crippen LogP contribution is 2.28. The number of likely N-dealkylation sites (tertiary alicyclic amines) is 1. The molecule has 1 aromatic rings. The molecule has 3 nitrogen and oxygen atoms in total. The van der Waals surface area contributed by atoms with E-state index in [1.54, 1.807) is 0 Å². The third-order valence-electron chi connectivity index (χ3n) is 5.67. The summed E-state index contributed by atoms with van der Waals surface area (Å²) in [5.74, 6) is 0.897. The first-order valence-corrected chi connectivity index (χ1v) is 9.52. The summed E-state index contributed by atoms with van der Waals surface area (Å²) in [6.45, 7) is 13.0. The minimum Gasteiger partial charge on any atom is -0.314 e. The maximum atomic E-state index is 3.47. The highest BCUT2D eigenvalue weighted by atomic mass is 15.2. The molecule has 128 valence electrons. The second kappa shape index (κ2) is 8.27.